The Morgan fingerprint density at radius 1 is 0.203 bits per heavy atom. The summed E-state index contributed by atoms with van der Waals surface area (Å²) in [7, 11) is 0. The number of hydrogen-bond donors (Lipinski definition) is 16. The van der Waals surface area contributed by atoms with E-state index in [1.165, 1.54) is 0 Å². The number of aliphatic carboxylic acids is 12. The Kier molecular flexibility index (Phi) is 91.7. The van der Waals surface area contributed by atoms with Gasteiger partial charge in [0.2, 0.25) is 0 Å². The third-order valence-electron chi connectivity index (χ3n) is 5.14. The molecule has 28 nitrogen and oxygen atoms in total. The van der Waals surface area contributed by atoms with Crippen molar-refractivity contribution in [1.29, 1.82) is 0 Å². The van der Waals surface area contributed by atoms with E-state index in [9.17, 15) is 57.5 Å². The first-order valence-corrected chi connectivity index (χ1v) is 12.7. The van der Waals surface area contributed by atoms with E-state index in [1.54, 1.807) is 0 Å². The summed E-state index contributed by atoms with van der Waals surface area (Å²) in [6, 6.07) is 0. The van der Waals surface area contributed by atoms with Crippen LogP contribution >= 0.6 is 0 Å². The minimum Gasteiger partial charge on any atom is -0.481 e. The quantitative estimate of drug-likeness (QED) is 0.0506. The van der Waals surface area contributed by atoms with Crippen LogP contribution in [0, 0.1) is 0 Å². The molecule has 0 rings (SSSR count). The summed E-state index contributed by atoms with van der Waals surface area (Å²) in [6.07, 6.45) is -9.15. The molecule has 0 fully saturated rings. The van der Waals surface area contributed by atoms with Crippen molar-refractivity contribution in [2.24, 2.45) is 0 Å². The molecule has 12 radical (unpaired) electrons. The monoisotopic (exact) mass is 852 g/mol. The summed E-state index contributed by atoms with van der Waals surface area (Å²) in [5.41, 5.74) is -11.0. The molecule has 16 N–H and O–H groups in total. The van der Waals surface area contributed by atoms with E-state index in [0.29, 0.717) is 0 Å². The van der Waals surface area contributed by atoms with Gasteiger partial charge in [0.25, 0.3) is 0 Å². The van der Waals surface area contributed by atoms with Crippen molar-refractivity contribution in [3.8, 4) is 0 Å². The number of rotatable bonds is 20. The van der Waals surface area contributed by atoms with Gasteiger partial charge in [0, 0.05) is 226 Å². The fraction of sp³-hybridized carbons (Fsp3) is 0.500. The van der Waals surface area contributed by atoms with E-state index in [4.69, 9.17) is 81.7 Å². The Bertz CT molecular complexity index is 1160. The van der Waals surface area contributed by atoms with Crippen LogP contribution < -0.4 is 0 Å². The Morgan fingerprint density at radius 2 is 0.266 bits per heavy atom. The average Bonchev–Trinajstić information content (AvgIpc) is 2.85. The first kappa shape index (κ1) is 111. The van der Waals surface area contributed by atoms with Crippen molar-refractivity contribution in [3.63, 3.8) is 0 Å². The molecule has 0 aromatic carbocycles. The molecular weight excluding hydrogens is 820 g/mol. The summed E-state index contributed by atoms with van der Waals surface area (Å²) in [4.78, 5) is 122. The molecule has 0 unspecified atom stereocenters. The predicted molar refractivity (Wildman–Crippen MR) is 217 cm³/mol. The molecule has 0 aromatic heterocycles. The molecule has 64 heavy (non-hydrogen) atoms. The number of carboxylic acids is 12. The molecule has 40 heteroatoms. The zero-order chi connectivity index (χ0) is 42.6. The average molecular weight is 852 g/mol. The third kappa shape index (κ3) is 57.0. The van der Waals surface area contributed by atoms with Gasteiger partial charge in [-0.25, -0.2) is 19.2 Å². The van der Waals surface area contributed by atoms with E-state index in [-0.39, 0.29) is 226 Å². The second-order valence-corrected chi connectivity index (χ2v) is 9.91. The van der Waals surface area contributed by atoms with Crippen LogP contribution in [0.3, 0.4) is 0 Å². The van der Waals surface area contributed by atoms with Crippen LogP contribution in [-0.2, 0) is 57.5 Å². The van der Waals surface area contributed by atoms with Crippen LogP contribution in [0.5, 0.6) is 0 Å². The number of aliphatic hydroxyl groups is 4. The summed E-state index contributed by atoms with van der Waals surface area (Å²) in [5, 5.41) is 135. The number of hydrogen-bond acceptors (Lipinski definition) is 16. The van der Waals surface area contributed by atoms with Gasteiger partial charge in [0.15, 0.2) is 22.4 Å². The Labute approximate surface area is 504 Å². The molecule has 0 saturated heterocycles. The van der Waals surface area contributed by atoms with Crippen LogP contribution in [0.2, 0.25) is 0 Å². The van der Waals surface area contributed by atoms with Crippen molar-refractivity contribution in [2.45, 2.75) is 73.8 Å². The van der Waals surface area contributed by atoms with Gasteiger partial charge >= 0.3 is 71.6 Å². The van der Waals surface area contributed by atoms with Crippen molar-refractivity contribution in [3.05, 3.63) is 0 Å². The topological polar surface area (TPSA) is 529 Å². The fourth-order valence-electron chi connectivity index (χ4n) is 2.86. The molecule has 0 aliphatic carbocycles. The molecule has 308 valence electrons. The maximum atomic E-state index is 10.3. The Morgan fingerprint density at radius 3 is 0.297 bits per heavy atom. The first-order chi connectivity index (χ1) is 23.1. The molecule has 0 aliphatic heterocycles. The van der Waals surface area contributed by atoms with E-state index in [1.807, 2.05) is 0 Å². The van der Waals surface area contributed by atoms with Crippen molar-refractivity contribution < 1.29 is 139 Å². The number of carboxylic acid groups (broad SMARTS) is 12. The maximum Gasteiger partial charge on any atom is 0.336 e. The van der Waals surface area contributed by atoms with Crippen molar-refractivity contribution in [2.75, 3.05) is 0 Å². The van der Waals surface area contributed by atoms with E-state index in [0.717, 1.165) is 0 Å². The second-order valence-electron chi connectivity index (χ2n) is 9.91. The summed E-state index contributed by atoms with van der Waals surface area (Å²) in [5.74, 6) is -20.1. The van der Waals surface area contributed by atoms with Crippen LogP contribution in [-0.4, -0.2) is 402 Å². The van der Waals surface area contributed by atoms with Gasteiger partial charge in [-0.15, -0.1) is 0 Å². The van der Waals surface area contributed by atoms with Crippen LogP contribution in [0.15, 0.2) is 0 Å². The second kappa shape index (κ2) is 53.0. The molecule has 0 heterocycles. The fourth-order valence-corrected chi connectivity index (χ4v) is 2.86. The van der Waals surface area contributed by atoms with Crippen molar-refractivity contribution in [1.82, 2.24) is 0 Å². The predicted octanol–water partition coefficient (Wildman–Crippen LogP) is -9.56. The molecule has 0 spiro atoms. The zero-order valence-corrected chi connectivity index (χ0v) is 37.7. The SMILES string of the molecule is O=C(O)CC(O)(CC(=O)O)C(=O)O.O=C(O)CC(O)(CC(=O)O)C(=O)O.O=C(O)CC(O)(CC(=O)O)C(=O)O.O=C(O)CC(O)(CC(=O)O)C(=O)O.[Li].[Li].[Li].[Li].[Li].[Li].[Li].[Li].[Li].[Li].[Li].[Li]. The van der Waals surface area contributed by atoms with Gasteiger partial charge < -0.3 is 81.7 Å². The van der Waals surface area contributed by atoms with E-state index < -0.39 is 145 Å². The summed E-state index contributed by atoms with van der Waals surface area (Å²) in [6.45, 7) is 0. The van der Waals surface area contributed by atoms with Gasteiger partial charge in [-0.3, -0.25) is 38.4 Å². The molecule has 0 saturated carbocycles. The maximum absolute atomic E-state index is 10.3. The van der Waals surface area contributed by atoms with Gasteiger partial charge in [0.05, 0.1) is 51.4 Å². The normalized spacial score (nSPS) is 8.81. The standard InChI is InChI=1S/4C6H8O7.12Li/c4*7-3(8)1-6(13,5(11)12)2-4(9)10;;;;;;;;;;;;/h4*13H,1-2H2,(H,7,8)(H,9,10)(H,11,12);;;;;;;;;;;;. The van der Waals surface area contributed by atoms with Gasteiger partial charge in [-0.1, -0.05) is 0 Å². The smallest absolute Gasteiger partial charge is 0.336 e. The van der Waals surface area contributed by atoms with Crippen molar-refractivity contribution >= 4 is 298 Å². The molecule has 0 bridgehead atoms. The largest absolute Gasteiger partial charge is 0.481 e. The van der Waals surface area contributed by atoms with E-state index in [2.05, 4.69) is 0 Å². The molecule has 0 aromatic rings. The molecule has 0 amide bonds. The Hall–Kier alpha value is 0.649. The van der Waals surface area contributed by atoms with Crippen LogP contribution in [0.25, 0.3) is 0 Å². The number of carbonyl (C=O) groups is 12. The van der Waals surface area contributed by atoms with Gasteiger partial charge in [0.1, 0.15) is 0 Å². The van der Waals surface area contributed by atoms with Gasteiger partial charge in [-0.05, 0) is 0 Å². The zero-order valence-electron chi connectivity index (χ0n) is 37.7. The van der Waals surface area contributed by atoms with Gasteiger partial charge in [-0.2, -0.15) is 0 Å². The van der Waals surface area contributed by atoms with Crippen LogP contribution in [0.1, 0.15) is 51.4 Å². The third-order valence-corrected chi connectivity index (χ3v) is 5.14. The first-order valence-electron chi connectivity index (χ1n) is 12.7. The van der Waals surface area contributed by atoms with E-state index >= 15 is 0 Å². The molecular formula is C24H32Li12O28. The Balaban J connectivity index is -0.0000000323. The molecule has 0 aliphatic rings. The van der Waals surface area contributed by atoms with Crippen LogP contribution in [0.4, 0.5) is 0 Å². The summed E-state index contributed by atoms with van der Waals surface area (Å²) < 4.78 is 0. The summed E-state index contributed by atoms with van der Waals surface area (Å²) >= 11 is 0. The minimum atomic E-state index is -2.74. The minimum absolute atomic E-state index is 0. The molecule has 0 atom stereocenters.